The van der Waals surface area contributed by atoms with Gasteiger partial charge in [-0.25, -0.2) is 4.39 Å². The fraction of sp³-hybridized carbons (Fsp3) is 0.444. The lowest BCUT2D eigenvalue weighted by molar-refractivity contribution is 0.444. The number of nitrogens with zero attached hydrogens (tertiary/aromatic N) is 1. The first-order chi connectivity index (χ1) is 5.84. The lowest BCUT2D eigenvalue weighted by Crippen LogP contribution is -2.20. The fourth-order valence-corrected chi connectivity index (χ4v) is 1.02. The van der Waals surface area contributed by atoms with E-state index < -0.39 is 0 Å². The highest BCUT2D eigenvalue weighted by molar-refractivity contribution is 5.12. The zero-order chi connectivity index (χ0) is 8.81. The summed E-state index contributed by atoms with van der Waals surface area (Å²) in [5, 5.41) is 3.03. The normalized spacial score (nSPS) is 12.8. The number of halogens is 1. The van der Waals surface area contributed by atoms with Gasteiger partial charge >= 0.3 is 0 Å². The zero-order valence-corrected chi connectivity index (χ0v) is 7.13. The molecule has 2 nitrogen and oxygen atoms in total. The minimum atomic E-state index is -0.329. The molecular weight excluding hydrogens is 155 g/mol. The van der Waals surface area contributed by atoms with Gasteiger partial charge in [-0.15, -0.1) is 0 Å². The molecule has 0 aliphatic heterocycles. The molecule has 0 radical (unpaired) electrons. The van der Waals surface area contributed by atoms with Gasteiger partial charge < -0.3 is 5.32 Å². The van der Waals surface area contributed by atoms with Crippen molar-refractivity contribution in [2.75, 3.05) is 13.2 Å². The van der Waals surface area contributed by atoms with Crippen molar-refractivity contribution in [2.45, 2.75) is 13.0 Å². The number of alkyl halides is 1. The summed E-state index contributed by atoms with van der Waals surface area (Å²) in [5.41, 5.74) is 1.09. The average Bonchev–Trinajstić information content (AvgIpc) is 2.15. The Labute approximate surface area is 71.8 Å². The summed E-state index contributed by atoms with van der Waals surface area (Å²) in [7, 11) is 0. The van der Waals surface area contributed by atoms with E-state index in [9.17, 15) is 4.39 Å². The first-order valence-corrected chi connectivity index (χ1v) is 4.04. The van der Waals surface area contributed by atoms with Crippen molar-refractivity contribution in [1.29, 1.82) is 0 Å². The van der Waals surface area contributed by atoms with Crippen LogP contribution in [0.5, 0.6) is 0 Å². The Bertz CT molecular complexity index is 213. The first-order valence-electron chi connectivity index (χ1n) is 4.04. The van der Waals surface area contributed by atoms with Gasteiger partial charge in [-0.05, 0) is 18.6 Å². The van der Waals surface area contributed by atoms with Crippen LogP contribution in [0.3, 0.4) is 0 Å². The summed E-state index contributed by atoms with van der Waals surface area (Å²) < 4.78 is 11.8. The number of aromatic nitrogens is 1. The van der Waals surface area contributed by atoms with E-state index in [1.54, 1.807) is 12.4 Å². The molecule has 1 aromatic rings. The predicted molar refractivity (Wildman–Crippen MR) is 46.6 cm³/mol. The highest BCUT2D eigenvalue weighted by Crippen LogP contribution is 2.08. The second-order valence-electron chi connectivity index (χ2n) is 2.65. The molecule has 1 aromatic heterocycles. The standard InChI is InChI=1S/C9H13FN2/c1-8(12-6-4-10)9-3-2-5-11-7-9/h2-3,5,7-8,12H,4,6H2,1H3/t8-/m1/s1. The summed E-state index contributed by atoms with van der Waals surface area (Å²) in [6.45, 7) is 2.06. The Balaban J connectivity index is 2.48. The lowest BCUT2D eigenvalue weighted by atomic mass is 10.1. The molecular formula is C9H13FN2. The number of pyridine rings is 1. The van der Waals surface area contributed by atoms with E-state index in [2.05, 4.69) is 10.3 Å². The smallest absolute Gasteiger partial charge is 0.102 e. The molecule has 12 heavy (non-hydrogen) atoms. The fourth-order valence-electron chi connectivity index (χ4n) is 1.02. The van der Waals surface area contributed by atoms with E-state index >= 15 is 0 Å². The Morgan fingerprint density at radius 2 is 2.50 bits per heavy atom. The van der Waals surface area contributed by atoms with Gasteiger partial charge in [0, 0.05) is 25.0 Å². The van der Waals surface area contributed by atoms with Gasteiger partial charge in [-0.1, -0.05) is 6.07 Å². The summed E-state index contributed by atoms with van der Waals surface area (Å²) in [6, 6.07) is 4.03. The van der Waals surface area contributed by atoms with Gasteiger partial charge in [0.2, 0.25) is 0 Å². The van der Waals surface area contributed by atoms with Crippen molar-refractivity contribution in [3.63, 3.8) is 0 Å². The molecule has 0 aliphatic carbocycles. The molecule has 1 heterocycles. The molecule has 0 saturated carbocycles. The molecule has 0 fully saturated rings. The molecule has 0 aromatic carbocycles. The quantitative estimate of drug-likeness (QED) is 0.740. The van der Waals surface area contributed by atoms with Crippen LogP contribution in [0.1, 0.15) is 18.5 Å². The maximum absolute atomic E-state index is 11.8. The van der Waals surface area contributed by atoms with Crippen molar-refractivity contribution in [2.24, 2.45) is 0 Å². The first kappa shape index (κ1) is 9.13. The molecule has 0 amide bonds. The van der Waals surface area contributed by atoms with Crippen LogP contribution in [0, 0.1) is 0 Å². The Morgan fingerprint density at radius 3 is 3.08 bits per heavy atom. The van der Waals surface area contributed by atoms with Crippen LogP contribution in [0.15, 0.2) is 24.5 Å². The van der Waals surface area contributed by atoms with Crippen molar-refractivity contribution >= 4 is 0 Å². The van der Waals surface area contributed by atoms with Crippen LogP contribution in [0.4, 0.5) is 4.39 Å². The molecule has 0 unspecified atom stereocenters. The van der Waals surface area contributed by atoms with Gasteiger partial charge in [-0.3, -0.25) is 4.98 Å². The zero-order valence-electron chi connectivity index (χ0n) is 7.13. The van der Waals surface area contributed by atoms with Crippen LogP contribution >= 0.6 is 0 Å². The third-order valence-corrected chi connectivity index (χ3v) is 1.73. The van der Waals surface area contributed by atoms with Crippen molar-refractivity contribution in [1.82, 2.24) is 10.3 Å². The van der Waals surface area contributed by atoms with Crippen molar-refractivity contribution in [3.05, 3.63) is 30.1 Å². The van der Waals surface area contributed by atoms with E-state index in [-0.39, 0.29) is 12.7 Å². The molecule has 66 valence electrons. The minimum absolute atomic E-state index is 0.175. The summed E-state index contributed by atoms with van der Waals surface area (Å²) in [4.78, 5) is 3.98. The maximum Gasteiger partial charge on any atom is 0.102 e. The Kier molecular flexibility index (Phi) is 3.67. The summed E-state index contributed by atoms with van der Waals surface area (Å²) in [6.07, 6.45) is 3.52. The SMILES string of the molecule is C[C@@H](NCCF)c1cccnc1. The van der Waals surface area contributed by atoms with Gasteiger partial charge in [0.1, 0.15) is 6.67 Å². The van der Waals surface area contributed by atoms with Gasteiger partial charge in [-0.2, -0.15) is 0 Å². The highest BCUT2D eigenvalue weighted by atomic mass is 19.1. The van der Waals surface area contributed by atoms with E-state index in [1.807, 2.05) is 19.1 Å². The minimum Gasteiger partial charge on any atom is -0.308 e. The number of hydrogen-bond donors (Lipinski definition) is 1. The van der Waals surface area contributed by atoms with Crippen LogP contribution in [0.25, 0.3) is 0 Å². The predicted octanol–water partition coefficient (Wildman–Crippen LogP) is 1.70. The van der Waals surface area contributed by atoms with Crippen LogP contribution in [-0.2, 0) is 0 Å². The van der Waals surface area contributed by atoms with Crippen LogP contribution in [-0.4, -0.2) is 18.2 Å². The van der Waals surface area contributed by atoms with Crippen molar-refractivity contribution in [3.8, 4) is 0 Å². The highest BCUT2D eigenvalue weighted by Gasteiger charge is 2.02. The van der Waals surface area contributed by atoms with E-state index in [1.165, 1.54) is 0 Å². The Hall–Kier alpha value is -0.960. The van der Waals surface area contributed by atoms with Gasteiger partial charge in [0.25, 0.3) is 0 Å². The average molecular weight is 168 g/mol. The number of nitrogens with one attached hydrogen (secondary N) is 1. The molecule has 0 aliphatic rings. The number of hydrogen-bond acceptors (Lipinski definition) is 2. The molecule has 3 heteroatoms. The molecule has 1 rings (SSSR count). The van der Waals surface area contributed by atoms with Crippen LogP contribution in [0.2, 0.25) is 0 Å². The Morgan fingerprint density at radius 1 is 1.67 bits per heavy atom. The molecule has 1 N–H and O–H groups in total. The molecule has 0 saturated heterocycles. The summed E-state index contributed by atoms with van der Waals surface area (Å²) >= 11 is 0. The maximum atomic E-state index is 11.8. The van der Waals surface area contributed by atoms with Gasteiger partial charge in [0.05, 0.1) is 0 Å². The largest absolute Gasteiger partial charge is 0.308 e. The van der Waals surface area contributed by atoms with E-state index in [4.69, 9.17) is 0 Å². The summed E-state index contributed by atoms with van der Waals surface area (Å²) in [5.74, 6) is 0. The molecule has 0 spiro atoms. The van der Waals surface area contributed by atoms with Crippen molar-refractivity contribution < 1.29 is 4.39 Å². The van der Waals surface area contributed by atoms with Crippen LogP contribution < -0.4 is 5.32 Å². The second kappa shape index (κ2) is 4.83. The van der Waals surface area contributed by atoms with E-state index in [0.29, 0.717) is 6.54 Å². The number of rotatable bonds is 4. The second-order valence-corrected chi connectivity index (χ2v) is 2.65. The topological polar surface area (TPSA) is 24.9 Å². The van der Waals surface area contributed by atoms with Gasteiger partial charge in [0.15, 0.2) is 0 Å². The molecule has 1 atom stereocenters. The lowest BCUT2D eigenvalue weighted by Gasteiger charge is -2.11. The monoisotopic (exact) mass is 168 g/mol. The third-order valence-electron chi connectivity index (χ3n) is 1.73. The molecule has 0 bridgehead atoms. The van der Waals surface area contributed by atoms with E-state index in [0.717, 1.165) is 5.56 Å². The third kappa shape index (κ3) is 2.58.